The zero-order chi connectivity index (χ0) is 18.4. The molecule has 1 amide bonds. The molecule has 0 saturated carbocycles. The van der Waals surface area contributed by atoms with Gasteiger partial charge in [-0.1, -0.05) is 13.3 Å². The first-order valence-electron chi connectivity index (χ1n) is 8.61. The van der Waals surface area contributed by atoms with Crippen LogP contribution < -0.4 is 10.2 Å². The second kappa shape index (κ2) is 8.24. The second-order valence-electron chi connectivity index (χ2n) is 5.99. The highest BCUT2D eigenvalue weighted by Gasteiger charge is 2.12. The smallest absolute Gasteiger partial charge is 0.255 e. The maximum absolute atomic E-state index is 12.6. The van der Waals surface area contributed by atoms with E-state index in [1.165, 1.54) is 11.0 Å². The van der Waals surface area contributed by atoms with Gasteiger partial charge in [-0.3, -0.25) is 4.79 Å². The van der Waals surface area contributed by atoms with E-state index in [1.807, 2.05) is 24.3 Å². The monoisotopic (exact) mass is 350 g/mol. The van der Waals surface area contributed by atoms with Crippen molar-refractivity contribution in [2.24, 2.45) is 0 Å². The van der Waals surface area contributed by atoms with Crippen molar-refractivity contribution >= 4 is 17.3 Å². The fourth-order valence-corrected chi connectivity index (χ4v) is 2.58. The lowest BCUT2D eigenvalue weighted by Crippen LogP contribution is -2.19. The number of rotatable bonds is 7. The van der Waals surface area contributed by atoms with Gasteiger partial charge in [0.05, 0.1) is 5.69 Å². The van der Waals surface area contributed by atoms with E-state index in [0.29, 0.717) is 17.1 Å². The van der Waals surface area contributed by atoms with E-state index in [2.05, 4.69) is 39.3 Å². The van der Waals surface area contributed by atoms with Crippen LogP contribution in [0.1, 0.15) is 30.1 Å². The molecule has 0 aliphatic carbocycles. The lowest BCUT2D eigenvalue weighted by atomic mass is 10.1. The topological polar surface area (TPSA) is 75.9 Å². The van der Waals surface area contributed by atoms with Gasteiger partial charge in [0, 0.05) is 31.0 Å². The summed E-state index contributed by atoms with van der Waals surface area (Å²) in [6, 6.07) is 11.1. The second-order valence-corrected chi connectivity index (χ2v) is 5.99. The van der Waals surface area contributed by atoms with Crippen LogP contribution >= 0.6 is 0 Å². The molecule has 3 rings (SSSR count). The molecule has 0 radical (unpaired) electrons. The maximum Gasteiger partial charge on any atom is 0.255 e. The number of carbonyl (C=O) groups is 1. The van der Waals surface area contributed by atoms with Gasteiger partial charge < -0.3 is 10.2 Å². The number of nitrogens with zero attached hydrogens (tertiary/aromatic N) is 5. The first-order chi connectivity index (χ1) is 12.7. The largest absolute Gasteiger partial charge is 0.375 e. The third-order valence-electron chi connectivity index (χ3n) is 4.09. The number of amides is 1. The lowest BCUT2D eigenvalue weighted by Gasteiger charge is -2.19. The van der Waals surface area contributed by atoms with Gasteiger partial charge in [0.25, 0.3) is 5.91 Å². The summed E-state index contributed by atoms with van der Waals surface area (Å²) in [6.07, 6.45) is 6.91. The van der Waals surface area contributed by atoms with Crippen LogP contribution in [0.4, 0.5) is 11.4 Å². The highest BCUT2D eigenvalue weighted by atomic mass is 16.1. The quantitative estimate of drug-likeness (QED) is 0.708. The van der Waals surface area contributed by atoms with Crippen LogP contribution in [0.15, 0.2) is 55.2 Å². The van der Waals surface area contributed by atoms with Gasteiger partial charge in [0.2, 0.25) is 0 Å². The Morgan fingerprint density at radius 2 is 2.04 bits per heavy atom. The number of benzene rings is 1. The molecule has 2 aromatic heterocycles. The van der Waals surface area contributed by atoms with Gasteiger partial charge in [-0.2, -0.15) is 5.10 Å². The Bertz CT molecular complexity index is 845. The third kappa shape index (κ3) is 4.05. The first kappa shape index (κ1) is 17.6. The van der Waals surface area contributed by atoms with Gasteiger partial charge in [0.1, 0.15) is 12.7 Å². The predicted molar refractivity (Wildman–Crippen MR) is 102 cm³/mol. The van der Waals surface area contributed by atoms with E-state index in [1.54, 1.807) is 24.7 Å². The third-order valence-corrected chi connectivity index (χ3v) is 4.09. The zero-order valence-electron chi connectivity index (χ0n) is 15.0. The summed E-state index contributed by atoms with van der Waals surface area (Å²) < 4.78 is 1.52. The normalized spacial score (nSPS) is 10.5. The fraction of sp³-hybridized carbons (Fsp3) is 0.263. The molecule has 1 aromatic carbocycles. The summed E-state index contributed by atoms with van der Waals surface area (Å²) >= 11 is 0. The average Bonchev–Trinajstić information content (AvgIpc) is 3.21. The molecule has 0 unspecified atom stereocenters. The molecule has 0 saturated heterocycles. The van der Waals surface area contributed by atoms with Crippen LogP contribution in [0.2, 0.25) is 0 Å². The van der Waals surface area contributed by atoms with Crippen molar-refractivity contribution in [3.63, 3.8) is 0 Å². The van der Waals surface area contributed by atoms with E-state index in [0.717, 1.165) is 25.1 Å². The molecule has 0 atom stereocenters. The van der Waals surface area contributed by atoms with Crippen molar-refractivity contribution in [2.45, 2.75) is 19.8 Å². The number of pyridine rings is 1. The van der Waals surface area contributed by atoms with E-state index >= 15 is 0 Å². The Morgan fingerprint density at radius 3 is 2.73 bits per heavy atom. The molecule has 7 heteroatoms. The number of unbranched alkanes of at least 4 members (excludes halogenated alkanes) is 1. The van der Waals surface area contributed by atoms with Crippen molar-refractivity contribution in [2.75, 3.05) is 23.8 Å². The first-order valence-corrected chi connectivity index (χ1v) is 8.61. The van der Waals surface area contributed by atoms with E-state index < -0.39 is 0 Å². The van der Waals surface area contributed by atoms with Gasteiger partial charge in [-0.25, -0.2) is 14.6 Å². The molecule has 3 aromatic rings. The highest BCUT2D eigenvalue weighted by molar-refractivity contribution is 6.05. The number of carbonyl (C=O) groups excluding carboxylic acids is 1. The molecule has 0 fully saturated rings. The van der Waals surface area contributed by atoms with E-state index in [9.17, 15) is 4.79 Å². The van der Waals surface area contributed by atoms with Crippen LogP contribution in [-0.4, -0.2) is 39.2 Å². The molecule has 26 heavy (non-hydrogen) atoms. The lowest BCUT2D eigenvalue weighted by molar-refractivity contribution is 0.102. The molecule has 0 spiro atoms. The Kier molecular flexibility index (Phi) is 5.58. The average molecular weight is 350 g/mol. The molecule has 0 bridgehead atoms. The number of aromatic nitrogens is 4. The Morgan fingerprint density at radius 1 is 1.23 bits per heavy atom. The Labute approximate surface area is 152 Å². The van der Waals surface area contributed by atoms with Crippen molar-refractivity contribution in [3.05, 3.63) is 60.8 Å². The molecule has 2 heterocycles. The summed E-state index contributed by atoms with van der Waals surface area (Å²) in [7, 11) is 2.06. The van der Waals surface area contributed by atoms with Crippen molar-refractivity contribution in [3.8, 4) is 5.82 Å². The maximum atomic E-state index is 12.6. The number of nitrogens with one attached hydrogen (secondary N) is 1. The SMILES string of the molecule is CCCCN(C)c1ccc(C(=O)Nc2cccnc2-n2cncn2)cc1. The molecule has 134 valence electrons. The summed E-state index contributed by atoms with van der Waals surface area (Å²) in [5.74, 6) is 0.330. The van der Waals surface area contributed by atoms with Crippen molar-refractivity contribution in [1.29, 1.82) is 0 Å². The van der Waals surface area contributed by atoms with Crippen LogP contribution in [0.3, 0.4) is 0 Å². The van der Waals surface area contributed by atoms with Gasteiger partial charge >= 0.3 is 0 Å². The number of anilines is 2. The summed E-state index contributed by atoms with van der Waals surface area (Å²) in [4.78, 5) is 23.0. The minimum Gasteiger partial charge on any atom is -0.375 e. The fourth-order valence-electron chi connectivity index (χ4n) is 2.58. The van der Waals surface area contributed by atoms with E-state index in [-0.39, 0.29) is 5.91 Å². The zero-order valence-corrected chi connectivity index (χ0v) is 15.0. The van der Waals surface area contributed by atoms with Crippen LogP contribution in [-0.2, 0) is 0 Å². The molecule has 1 N–H and O–H groups in total. The molecule has 0 aliphatic heterocycles. The molecule has 0 aliphatic rings. The molecular formula is C19H22N6O. The standard InChI is InChI=1S/C19H22N6O/c1-3-4-12-24(2)16-9-7-15(8-10-16)19(26)23-17-6-5-11-21-18(17)25-14-20-13-22-25/h5-11,13-14H,3-4,12H2,1-2H3,(H,23,26). The van der Waals surface area contributed by atoms with Gasteiger partial charge in [0.15, 0.2) is 5.82 Å². The van der Waals surface area contributed by atoms with Crippen molar-refractivity contribution < 1.29 is 4.79 Å². The number of hydrogen-bond acceptors (Lipinski definition) is 5. The molecular weight excluding hydrogens is 328 g/mol. The van der Waals surface area contributed by atoms with Crippen molar-refractivity contribution in [1.82, 2.24) is 19.7 Å². The summed E-state index contributed by atoms with van der Waals surface area (Å²) in [5.41, 5.74) is 2.26. The van der Waals surface area contributed by atoms with Crippen LogP contribution in [0.25, 0.3) is 5.82 Å². The van der Waals surface area contributed by atoms with Crippen LogP contribution in [0.5, 0.6) is 0 Å². The minimum absolute atomic E-state index is 0.192. The van der Waals surface area contributed by atoms with Crippen LogP contribution in [0, 0.1) is 0 Å². The molecule has 7 nitrogen and oxygen atoms in total. The summed E-state index contributed by atoms with van der Waals surface area (Å²) in [6.45, 7) is 3.17. The minimum atomic E-state index is -0.192. The van der Waals surface area contributed by atoms with Gasteiger partial charge in [-0.05, 0) is 42.8 Å². The summed E-state index contributed by atoms with van der Waals surface area (Å²) in [5, 5.41) is 6.96. The Balaban J connectivity index is 1.73. The Hall–Kier alpha value is -3.22. The number of hydrogen-bond donors (Lipinski definition) is 1. The van der Waals surface area contributed by atoms with E-state index in [4.69, 9.17) is 0 Å². The predicted octanol–water partition coefficient (Wildman–Crippen LogP) is 3.15. The van der Waals surface area contributed by atoms with Gasteiger partial charge in [-0.15, -0.1) is 0 Å². The highest BCUT2D eigenvalue weighted by Crippen LogP contribution is 2.19.